The Balaban J connectivity index is 1.35. The minimum atomic E-state index is -4.44. The number of aromatic nitrogens is 2. The van der Waals surface area contributed by atoms with Crippen LogP contribution in [0, 0.1) is 0 Å². The zero-order valence-electron chi connectivity index (χ0n) is 14.4. The summed E-state index contributed by atoms with van der Waals surface area (Å²) in [6.07, 6.45) is -4.44. The highest BCUT2D eigenvalue weighted by atomic mass is 32.1. The van der Waals surface area contributed by atoms with Gasteiger partial charge in [0.15, 0.2) is 0 Å². The van der Waals surface area contributed by atoms with E-state index in [2.05, 4.69) is 15.5 Å². The zero-order valence-corrected chi connectivity index (χ0v) is 15.3. The Bertz CT molecular complexity index is 965. The first-order chi connectivity index (χ1) is 13.4. The van der Waals surface area contributed by atoms with Crippen molar-refractivity contribution >= 4 is 17.4 Å². The van der Waals surface area contributed by atoms with Crippen LogP contribution >= 0.6 is 11.3 Å². The third kappa shape index (κ3) is 3.86. The third-order valence-corrected chi connectivity index (χ3v) is 5.28. The van der Waals surface area contributed by atoms with Gasteiger partial charge in [0.25, 0.3) is 0 Å². The number of alkyl halides is 3. The van der Waals surface area contributed by atoms with Crippen molar-refractivity contribution in [3.63, 3.8) is 0 Å². The Labute approximate surface area is 162 Å². The highest BCUT2D eigenvalue weighted by Gasteiger charge is 2.36. The van der Waals surface area contributed by atoms with Crippen molar-refractivity contribution in [1.82, 2.24) is 20.4 Å². The maximum atomic E-state index is 12.8. The van der Waals surface area contributed by atoms with Gasteiger partial charge in [-0.05, 0) is 23.6 Å². The Morgan fingerprint density at radius 1 is 1.29 bits per heavy atom. The fourth-order valence-electron chi connectivity index (χ4n) is 2.84. The lowest BCUT2D eigenvalue weighted by atomic mass is 10.0. The van der Waals surface area contributed by atoms with Crippen LogP contribution in [0.15, 0.2) is 46.3 Å². The standard InChI is InChI=1S/C18H15F3N4O2S/c19-18(20,21)13-4-1-3-11(7-13)15-23-16(27-24-15)12-9-25(10-12)17(26)22-8-14-5-2-6-28-14/h1-7,12H,8-10H2,(H,22,26). The van der Waals surface area contributed by atoms with Crippen LogP contribution in [-0.4, -0.2) is 34.2 Å². The highest BCUT2D eigenvalue weighted by molar-refractivity contribution is 7.09. The summed E-state index contributed by atoms with van der Waals surface area (Å²) in [5.74, 6) is 0.288. The molecule has 1 aliphatic heterocycles. The Hall–Kier alpha value is -2.88. The molecule has 10 heteroatoms. The second-order valence-electron chi connectivity index (χ2n) is 6.37. The second kappa shape index (κ2) is 7.27. The average Bonchev–Trinajstić information content (AvgIpc) is 3.30. The van der Waals surface area contributed by atoms with Crippen LogP contribution in [0.25, 0.3) is 11.4 Å². The van der Waals surface area contributed by atoms with Gasteiger partial charge in [-0.2, -0.15) is 18.2 Å². The van der Waals surface area contributed by atoms with E-state index in [1.165, 1.54) is 12.1 Å². The van der Waals surface area contributed by atoms with Crippen molar-refractivity contribution < 1.29 is 22.5 Å². The molecule has 2 aromatic heterocycles. The van der Waals surface area contributed by atoms with Crippen LogP contribution in [0.5, 0.6) is 0 Å². The lowest BCUT2D eigenvalue weighted by molar-refractivity contribution is -0.137. The van der Waals surface area contributed by atoms with Crippen molar-refractivity contribution in [1.29, 1.82) is 0 Å². The molecule has 0 bridgehead atoms. The Kier molecular flexibility index (Phi) is 4.80. The number of halogens is 3. The molecule has 0 radical (unpaired) electrons. The molecule has 146 valence electrons. The molecule has 28 heavy (non-hydrogen) atoms. The number of hydrogen-bond donors (Lipinski definition) is 1. The van der Waals surface area contributed by atoms with E-state index in [4.69, 9.17) is 4.52 Å². The van der Waals surface area contributed by atoms with E-state index < -0.39 is 11.7 Å². The van der Waals surface area contributed by atoms with E-state index in [1.807, 2.05) is 17.5 Å². The summed E-state index contributed by atoms with van der Waals surface area (Å²) >= 11 is 1.57. The normalized spacial score (nSPS) is 14.8. The number of likely N-dealkylation sites (tertiary alicyclic amines) is 1. The lowest BCUT2D eigenvalue weighted by Gasteiger charge is -2.36. The molecule has 0 unspecified atom stereocenters. The van der Waals surface area contributed by atoms with Gasteiger partial charge >= 0.3 is 12.2 Å². The molecule has 0 saturated carbocycles. The van der Waals surface area contributed by atoms with Gasteiger partial charge in [0.1, 0.15) is 0 Å². The Morgan fingerprint density at radius 2 is 2.11 bits per heavy atom. The predicted octanol–water partition coefficient (Wildman–Crippen LogP) is 4.13. The molecule has 1 aromatic carbocycles. The lowest BCUT2D eigenvalue weighted by Crippen LogP contribution is -2.52. The van der Waals surface area contributed by atoms with Crippen LogP contribution in [0.1, 0.15) is 22.2 Å². The molecule has 1 fully saturated rings. The van der Waals surface area contributed by atoms with Crippen molar-refractivity contribution in [3.8, 4) is 11.4 Å². The molecule has 3 heterocycles. The number of benzene rings is 1. The quantitative estimate of drug-likeness (QED) is 0.705. The summed E-state index contributed by atoms with van der Waals surface area (Å²) in [5.41, 5.74) is -0.539. The van der Waals surface area contributed by atoms with E-state index in [9.17, 15) is 18.0 Å². The molecule has 0 spiro atoms. The largest absolute Gasteiger partial charge is 0.416 e. The molecule has 6 nitrogen and oxygen atoms in total. The van der Waals surface area contributed by atoms with Gasteiger partial charge in [-0.15, -0.1) is 11.3 Å². The van der Waals surface area contributed by atoms with Crippen LogP contribution in [0.2, 0.25) is 0 Å². The summed E-state index contributed by atoms with van der Waals surface area (Å²) in [7, 11) is 0. The van der Waals surface area contributed by atoms with Crippen molar-refractivity contribution in [2.45, 2.75) is 18.6 Å². The highest BCUT2D eigenvalue weighted by Crippen LogP contribution is 2.32. The molecule has 4 rings (SSSR count). The summed E-state index contributed by atoms with van der Waals surface area (Å²) in [6, 6.07) is 8.46. The van der Waals surface area contributed by atoms with Gasteiger partial charge in [-0.3, -0.25) is 0 Å². The number of rotatable bonds is 4. The van der Waals surface area contributed by atoms with E-state index in [1.54, 1.807) is 16.2 Å². The first-order valence-corrected chi connectivity index (χ1v) is 9.34. The number of hydrogen-bond acceptors (Lipinski definition) is 5. The number of urea groups is 1. The van der Waals surface area contributed by atoms with Crippen LogP contribution in [0.3, 0.4) is 0 Å². The number of nitrogens with one attached hydrogen (secondary N) is 1. The number of nitrogens with zero attached hydrogens (tertiary/aromatic N) is 3. The first-order valence-electron chi connectivity index (χ1n) is 8.46. The fourth-order valence-corrected chi connectivity index (χ4v) is 3.49. The molecule has 1 aliphatic rings. The summed E-state index contributed by atoms with van der Waals surface area (Å²) < 4.78 is 43.7. The van der Waals surface area contributed by atoms with Crippen molar-refractivity contribution in [2.24, 2.45) is 0 Å². The SMILES string of the molecule is O=C(NCc1cccs1)N1CC(c2nc(-c3cccc(C(F)(F)F)c3)no2)C1. The van der Waals surface area contributed by atoms with Gasteiger partial charge in [-0.1, -0.05) is 23.4 Å². The molecular weight excluding hydrogens is 393 g/mol. The fraction of sp³-hybridized carbons (Fsp3) is 0.278. The van der Waals surface area contributed by atoms with Gasteiger partial charge in [0.05, 0.1) is 18.0 Å². The van der Waals surface area contributed by atoms with Crippen LogP contribution < -0.4 is 5.32 Å². The third-order valence-electron chi connectivity index (χ3n) is 4.40. The van der Waals surface area contributed by atoms with Gasteiger partial charge < -0.3 is 14.7 Å². The second-order valence-corrected chi connectivity index (χ2v) is 7.41. The first kappa shape index (κ1) is 18.5. The molecular formula is C18H15F3N4O2S. The summed E-state index contributed by atoms with van der Waals surface area (Å²) in [5, 5.41) is 8.56. The number of amides is 2. The zero-order chi connectivity index (χ0) is 19.7. The van der Waals surface area contributed by atoms with E-state index in [0.717, 1.165) is 17.0 Å². The van der Waals surface area contributed by atoms with Gasteiger partial charge in [-0.25, -0.2) is 4.79 Å². The number of thiophene rings is 1. The van der Waals surface area contributed by atoms with Crippen LogP contribution in [0.4, 0.5) is 18.0 Å². The average molecular weight is 408 g/mol. The predicted molar refractivity (Wildman–Crippen MR) is 95.6 cm³/mol. The van der Waals surface area contributed by atoms with Crippen LogP contribution in [-0.2, 0) is 12.7 Å². The van der Waals surface area contributed by atoms with E-state index >= 15 is 0 Å². The van der Waals surface area contributed by atoms with E-state index in [-0.39, 0.29) is 23.3 Å². The maximum absolute atomic E-state index is 12.8. The topological polar surface area (TPSA) is 71.3 Å². The van der Waals surface area contributed by atoms with E-state index in [0.29, 0.717) is 25.5 Å². The van der Waals surface area contributed by atoms with Gasteiger partial charge in [0, 0.05) is 23.5 Å². The molecule has 0 atom stereocenters. The Morgan fingerprint density at radius 3 is 2.82 bits per heavy atom. The molecule has 3 aromatic rings. The summed E-state index contributed by atoms with van der Waals surface area (Å²) in [6.45, 7) is 1.30. The smallest absolute Gasteiger partial charge is 0.339 e. The van der Waals surface area contributed by atoms with Gasteiger partial charge in [0.2, 0.25) is 11.7 Å². The monoisotopic (exact) mass is 408 g/mol. The molecule has 1 saturated heterocycles. The minimum absolute atomic E-state index is 0.0988. The van der Waals surface area contributed by atoms with Crippen molar-refractivity contribution in [3.05, 3.63) is 58.1 Å². The molecule has 0 aliphatic carbocycles. The maximum Gasteiger partial charge on any atom is 0.416 e. The van der Waals surface area contributed by atoms with Crippen molar-refractivity contribution in [2.75, 3.05) is 13.1 Å². The number of carbonyl (C=O) groups excluding carboxylic acids is 1. The minimum Gasteiger partial charge on any atom is -0.339 e. The number of carbonyl (C=O) groups is 1. The summed E-state index contributed by atoms with van der Waals surface area (Å²) in [4.78, 5) is 19.0. The molecule has 1 N–H and O–H groups in total. The molecule has 2 amide bonds.